The van der Waals surface area contributed by atoms with Crippen LogP contribution in [0.3, 0.4) is 0 Å². The molecular weight excluding hydrogens is 248 g/mol. The third-order valence-corrected chi connectivity index (χ3v) is 5.90. The molecule has 100 valence electrons. The summed E-state index contributed by atoms with van der Waals surface area (Å²) in [6, 6.07) is 0. The molecular formula is C13H20N2O2S. The number of rotatable bonds is 1. The second-order valence-electron chi connectivity index (χ2n) is 5.78. The van der Waals surface area contributed by atoms with Gasteiger partial charge in [-0.1, -0.05) is 0 Å². The molecule has 0 aromatic carbocycles. The summed E-state index contributed by atoms with van der Waals surface area (Å²) in [5, 5.41) is 3.14. The molecule has 5 heteroatoms. The molecule has 2 amide bonds. The first-order chi connectivity index (χ1) is 8.69. The van der Waals surface area contributed by atoms with Crippen molar-refractivity contribution in [2.24, 2.45) is 5.41 Å². The molecule has 0 radical (unpaired) electrons. The van der Waals surface area contributed by atoms with E-state index < -0.39 is 0 Å². The minimum Gasteiger partial charge on any atom is -0.356 e. The lowest BCUT2D eigenvalue weighted by atomic mass is 9.77. The summed E-state index contributed by atoms with van der Waals surface area (Å²) in [4.78, 5) is 25.7. The van der Waals surface area contributed by atoms with Gasteiger partial charge in [-0.2, -0.15) is 0 Å². The van der Waals surface area contributed by atoms with E-state index in [2.05, 4.69) is 5.32 Å². The van der Waals surface area contributed by atoms with Crippen LogP contribution in [0.25, 0.3) is 0 Å². The summed E-state index contributed by atoms with van der Waals surface area (Å²) in [6.07, 6.45) is 4.85. The maximum atomic E-state index is 12.3. The van der Waals surface area contributed by atoms with E-state index >= 15 is 0 Å². The summed E-state index contributed by atoms with van der Waals surface area (Å²) >= 11 is 1.81. The number of hydrogen-bond acceptors (Lipinski definition) is 3. The lowest BCUT2D eigenvalue weighted by molar-refractivity contribution is -0.132. The van der Waals surface area contributed by atoms with Crippen molar-refractivity contribution in [3.63, 3.8) is 0 Å². The van der Waals surface area contributed by atoms with Crippen LogP contribution < -0.4 is 5.32 Å². The Kier molecular flexibility index (Phi) is 3.26. The summed E-state index contributed by atoms with van der Waals surface area (Å²) in [5.41, 5.74) is 0.149. The molecule has 18 heavy (non-hydrogen) atoms. The van der Waals surface area contributed by atoms with E-state index in [1.807, 2.05) is 16.7 Å². The predicted octanol–water partition coefficient (Wildman–Crippen LogP) is 1.01. The van der Waals surface area contributed by atoms with Gasteiger partial charge in [0.1, 0.15) is 0 Å². The van der Waals surface area contributed by atoms with E-state index in [1.54, 1.807) is 0 Å². The number of nitrogens with one attached hydrogen (secondary N) is 1. The molecule has 1 unspecified atom stereocenters. The largest absolute Gasteiger partial charge is 0.356 e. The maximum Gasteiger partial charge on any atom is 0.235 e. The third-order valence-electron chi connectivity index (χ3n) is 4.54. The Hall–Kier alpha value is -0.710. The first kappa shape index (κ1) is 12.3. The van der Waals surface area contributed by atoms with Crippen LogP contribution in [0.1, 0.15) is 32.1 Å². The Labute approximate surface area is 112 Å². The van der Waals surface area contributed by atoms with Crippen molar-refractivity contribution >= 4 is 23.6 Å². The lowest BCUT2D eigenvalue weighted by Crippen LogP contribution is -2.46. The Morgan fingerprint density at radius 1 is 1.39 bits per heavy atom. The minimum atomic E-state index is 0.149. The molecule has 1 N–H and O–H groups in total. The zero-order valence-corrected chi connectivity index (χ0v) is 11.4. The molecule has 0 aliphatic carbocycles. The normalized spacial score (nSPS) is 30.8. The van der Waals surface area contributed by atoms with Crippen molar-refractivity contribution in [3.8, 4) is 0 Å². The lowest BCUT2D eigenvalue weighted by Gasteiger charge is -2.39. The van der Waals surface area contributed by atoms with Crippen LogP contribution in [0.15, 0.2) is 0 Å². The summed E-state index contributed by atoms with van der Waals surface area (Å²) in [7, 11) is 0. The first-order valence-corrected chi connectivity index (χ1v) is 7.91. The van der Waals surface area contributed by atoms with Crippen molar-refractivity contribution in [1.29, 1.82) is 0 Å². The van der Waals surface area contributed by atoms with E-state index in [9.17, 15) is 9.59 Å². The highest BCUT2D eigenvalue weighted by Gasteiger charge is 2.42. The summed E-state index contributed by atoms with van der Waals surface area (Å²) in [5.74, 6) is 1.65. The van der Waals surface area contributed by atoms with Crippen LogP contribution in [0, 0.1) is 5.41 Å². The number of amides is 2. The van der Waals surface area contributed by atoms with Crippen LogP contribution in [-0.4, -0.2) is 47.4 Å². The SMILES string of the molecule is O=C1CC2(CCN(C(=O)C3CCCS3)CC2)CN1. The van der Waals surface area contributed by atoms with Crippen LogP contribution in [0.4, 0.5) is 0 Å². The molecule has 3 fully saturated rings. The quantitative estimate of drug-likeness (QED) is 0.772. The van der Waals surface area contributed by atoms with Gasteiger partial charge in [0, 0.05) is 26.1 Å². The van der Waals surface area contributed by atoms with E-state index in [-0.39, 0.29) is 16.6 Å². The zero-order chi connectivity index (χ0) is 12.6. The second-order valence-corrected chi connectivity index (χ2v) is 7.09. The zero-order valence-electron chi connectivity index (χ0n) is 10.6. The average Bonchev–Trinajstić information content (AvgIpc) is 3.00. The standard InChI is InChI=1S/C13H20N2O2S/c16-11-8-13(9-14-11)3-5-15(6-4-13)12(17)10-2-1-7-18-10/h10H,1-9H2,(H,14,16). The molecule has 4 nitrogen and oxygen atoms in total. The van der Waals surface area contributed by atoms with Gasteiger partial charge in [0.25, 0.3) is 0 Å². The minimum absolute atomic E-state index is 0.149. The Bertz CT molecular complexity index is 358. The smallest absolute Gasteiger partial charge is 0.235 e. The molecule has 1 atom stereocenters. The molecule has 0 bridgehead atoms. The third kappa shape index (κ3) is 2.25. The highest BCUT2D eigenvalue weighted by Crippen LogP contribution is 2.38. The average molecular weight is 268 g/mol. The molecule has 0 aromatic rings. The van der Waals surface area contributed by atoms with Gasteiger partial charge < -0.3 is 10.2 Å². The molecule has 3 rings (SSSR count). The van der Waals surface area contributed by atoms with Crippen molar-refractivity contribution in [1.82, 2.24) is 10.2 Å². The first-order valence-electron chi connectivity index (χ1n) is 6.86. The fourth-order valence-corrected chi connectivity index (χ4v) is 4.53. The van der Waals surface area contributed by atoms with Crippen LogP contribution >= 0.6 is 11.8 Å². The van der Waals surface area contributed by atoms with Gasteiger partial charge >= 0.3 is 0 Å². The van der Waals surface area contributed by atoms with Crippen molar-refractivity contribution in [3.05, 3.63) is 0 Å². The topological polar surface area (TPSA) is 49.4 Å². The van der Waals surface area contributed by atoms with Gasteiger partial charge in [-0.25, -0.2) is 0 Å². The second kappa shape index (κ2) is 4.76. The molecule has 3 saturated heterocycles. The van der Waals surface area contributed by atoms with Gasteiger partial charge in [0.15, 0.2) is 0 Å². The van der Waals surface area contributed by atoms with Crippen molar-refractivity contribution in [2.45, 2.75) is 37.4 Å². The van der Waals surface area contributed by atoms with E-state index in [4.69, 9.17) is 0 Å². The van der Waals surface area contributed by atoms with E-state index in [1.165, 1.54) is 6.42 Å². The predicted molar refractivity (Wildman–Crippen MR) is 71.4 cm³/mol. The number of carbonyl (C=O) groups excluding carboxylic acids is 2. The number of likely N-dealkylation sites (tertiary alicyclic amines) is 1. The number of nitrogens with zero attached hydrogens (tertiary/aromatic N) is 1. The van der Waals surface area contributed by atoms with Crippen LogP contribution in [0.2, 0.25) is 0 Å². The monoisotopic (exact) mass is 268 g/mol. The van der Waals surface area contributed by atoms with Gasteiger partial charge in [0.05, 0.1) is 5.25 Å². The fraction of sp³-hybridized carbons (Fsp3) is 0.846. The molecule has 1 spiro atoms. The molecule has 3 aliphatic heterocycles. The Morgan fingerprint density at radius 2 is 2.17 bits per heavy atom. The van der Waals surface area contributed by atoms with Crippen molar-refractivity contribution < 1.29 is 9.59 Å². The van der Waals surface area contributed by atoms with E-state index in [0.29, 0.717) is 12.3 Å². The van der Waals surface area contributed by atoms with Gasteiger partial charge in [0.2, 0.25) is 11.8 Å². The van der Waals surface area contributed by atoms with Gasteiger partial charge in [-0.05, 0) is 36.9 Å². The molecule has 0 saturated carbocycles. The Morgan fingerprint density at radius 3 is 2.72 bits per heavy atom. The van der Waals surface area contributed by atoms with E-state index in [0.717, 1.165) is 44.6 Å². The number of thioether (sulfide) groups is 1. The number of piperidine rings is 1. The van der Waals surface area contributed by atoms with Gasteiger partial charge in [-0.3, -0.25) is 9.59 Å². The molecule has 3 aliphatic rings. The molecule has 0 aromatic heterocycles. The fourth-order valence-electron chi connectivity index (χ4n) is 3.28. The van der Waals surface area contributed by atoms with Crippen LogP contribution in [-0.2, 0) is 9.59 Å². The highest BCUT2D eigenvalue weighted by molar-refractivity contribution is 8.00. The number of carbonyl (C=O) groups is 2. The van der Waals surface area contributed by atoms with Gasteiger partial charge in [-0.15, -0.1) is 11.8 Å². The maximum absolute atomic E-state index is 12.3. The Balaban J connectivity index is 1.56. The van der Waals surface area contributed by atoms with Crippen LogP contribution in [0.5, 0.6) is 0 Å². The highest BCUT2D eigenvalue weighted by atomic mass is 32.2. The molecule has 3 heterocycles. The summed E-state index contributed by atoms with van der Waals surface area (Å²) < 4.78 is 0. The van der Waals surface area contributed by atoms with Crippen molar-refractivity contribution in [2.75, 3.05) is 25.4 Å². The summed E-state index contributed by atoms with van der Waals surface area (Å²) in [6.45, 7) is 2.49. The number of hydrogen-bond donors (Lipinski definition) is 1.